The Morgan fingerprint density at radius 2 is 0.926 bits per heavy atom. The molecule has 0 aromatic heterocycles. The van der Waals surface area contributed by atoms with Crippen LogP contribution in [0, 0.1) is 0 Å². The Labute approximate surface area is 162 Å². The van der Waals surface area contributed by atoms with Gasteiger partial charge in [0, 0.05) is 0 Å². The molecule has 0 heterocycles. The molecule has 0 spiro atoms. The summed E-state index contributed by atoms with van der Waals surface area (Å²) in [7, 11) is 0. The Morgan fingerprint density at radius 3 is 1.22 bits per heavy atom. The van der Waals surface area contributed by atoms with Crippen LogP contribution >= 0.6 is 0 Å². The molecular weight excluding hydrogens is 551 g/mol. The van der Waals surface area contributed by atoms with Gasteiger partial charge in [0.1, 0.15) is 0 Å². The van der Waals surface area contributed by atoms with Crippen molar-refractivity contribution in [2.24, 2.45) is 0 Å². The van der Waals surface area contributed by atoms with E-state index in [4.69, 9.17) is 10.7 Å². The average molecular weight is 568 g/mol. The van der Waals surface area contributed by atoms with Crippen LogP contribution in [0.1, 0.15) is 34.6 Å². The van der Waals surface area contributed by atoms with Crippen molar-refractivity contribution in [3.63, 3.8) is 0 Å². The monoisotopic (exact) mass is 568 g/mol. The third-order valence-electron chi connectivity index (χ3n) is 2.99. The van der Waals surface area contributed by atoms with Crippen molar-refractivity contribution < 1.29 is 29.9 Å². The standard InChI is InChI=1S/2C7H6O2.2C2H4O2.Pb/c2*8-7(9)6-4-2-1-3-5-6;2*1-2(3)4;/h2*1-5H,(H,8,9);2*1H3,(H,3,4);/q;;;;+4/p-4. The molecule has 8 nitrogen and oxygen atoms in total. The summed E-state index contributed by atoms with van der Waals surface area (Å²) in [5.74, 6) is -3.72. The summed E-state index contributed by atoms with van der Waals surface area (Å²) >= 11 is -5.90. The molecule has 0 fully saturated rings. The van der Waals surface area contributed by atoms with Crippen LogP contribution in [0.2, 0.25) is 0 Å². The van der Waals surface area contributed by atoms with Crippen molar-refractivity contribution in [1.82, 2.24) is 0 Å². The van der Waals surface area contributed by atoms with Gasteiger partial charge in [-0.25, -0.2) is 0 Å². The zero-order chi connectivity index (χ0) is 19.9. The molecule has 0 amide bonds. The van der Waals surface area contributed by atoms with E-state index in [0.717, 1.165) is 13.8 Å². The van der Waals surface area contributed by atoms with Gasteiger partial charge < -0.3 is 0 Å². The Hall–Kier alpha value is -2.76. The van der Waals surface area contributed by atoms with Crippen LogP contribution in [0.5, 0.6) is 0 Å². The van der Waals surface area contributed by atoms with Gasteiger partial charge >= 0.3 is 162 Å². The normalized spacial score (nSPS) is 10.4. The van der Waals surface area contributed by atoms with Gasteiger partial charge in [-0.2, -0.15) is 0 Å². The second-order valence-corrected chi connectivity index (χ2v) is 12.3. The van der Waals surface area contributed by atoms with E-state index in [1.54, 1.807) is 36.4 Å². The van der Waals surface area contributed by atoms with Crippen molar-refractivity contribution in [2.75, 3.05) is 0 Å². The number of carbonyl (C=O) groups is 4. The van der Waals surface area contributed by atoms with Crippen LogP contribution in [0.3, 0.4) is 0 Å². The maximum absolute atomic E-state index is 12.4. The van der Waals surface area contributed by atoms with Crippen molar-refractivity contribution in [3.05, 3.63) is 71.8 Å². The van der Waals surface area contributed by atoms with Crippen LogP contribution < -0.4 is 0 Å². The first-order valence-electron chi connectivity index (χ1n) is 7.77. The summed E-state index contributed by atoms with van der Waals surface area (Å²) in [5, 5.41) is 0. The van der Waals surface area contributed by atoms with Crippen LogP contribution in [0.25, 0.3) is 0 Å². The zero-order valence-corrected chi connectivity index (χ0v) is 18.4. The van der Waals surface area contributed by atoms with Crippen LogP contribution in [0.15, 0.2) is 60.7 Å². The topological polar surface area (TPSA) is 105 Å². The van der Waals surface area contributed by atoms with Gasteiger partial charge in [-0.1, -0.05) is 0 Å². The Kier molecular flexibility index (Phi) is 7.05. The van der Waals surface area contributed by atoms with E-state index in [-0.39, 0.29) is 11.1 Å². The fourth-order valence-electron chi connectivity index (χ4n) is 1.97. The third-order valence-corrected chi connectivity index (χ3v) is 10.6. The predicted octanol–water partition coefficient (Wildman–Crippen LogP) is 2.26. The Bertz CT molecular complexity index is 763. The van der Waals surface area contributed by atoms with E-state index in [9.17, 15) is 19.2 Å². The maximum atomic E-state index is 12.4. The van der Waals surface area contributed by atoms with Crippen molar-refractivity contribution in [3.8, 4) is 0 Å². The molecule has 2 aromatic carbocycles. The van der Waals surface area contributed by atoms with Crippen molar-refractivity contribution >= 4 is 46.9 Å². The van der Waals surface area contributed by atoms with Gasteiger partial charge in [-0.3, -0.25) is 0 Å². The fraction of sp³-hybridized carbons (Fsp3) is 0.111. The third kappa shape index (κ3) is 6.17. The number of carbonyl (C=O) groups excluding carboxylic acids is 4. The molecule has 0 saturated heterocycles. The predicted molar refractivity (Wildman–Crippen MR) is 93.0 cm³/mol. The van der Waals surface area contributed by atoms with E-state index in [2.05, 4.69) is 0 Å². The minimum atomic E-state index is -5.90. The second kappa shape index (κ2) is 9.26. The molecule has 0 saturated carbocycles. The minimum absolute atomic E-state index is 0.108. The van der Waals surface area contributed by atoms with Crippen LogP contribution in [-0.2, 0) is 20.3 Å². The van der Waals surface area contributed by atoms with E-state index < -0.39 is 46.9 Å². The molecule has 0 aliphatic rings. The van der Waals surface area contributed by atoms with Crippen molar-refractivity contribution in [2.45, 2.75) is 13.8 Å². The molecule has 0 bridgehead atoms. The molecule has 0 atom stereocenters. The van der Waals surface area contributed by atoms with E-state index >= 15 is 0 Å². The number of benzene rings is 2. The number of hydrogen-bond donors (Lipinski definition) is 0. The first-order valence-corrected chi connectivity index (χ1v) is 14.1. The van der Waals surface area contributed by atoms with E-state index in [1.165, 1.54) is 24.3 Å². The van der Waals surface area contributed by atoms with E-state index in [0.29, 0.717) is 0 Å². The molecule has 140 valence electrons. The molecule has 0 radical (unpaired) electrons. The molecular formula is C18H16O8Pb. The zero-order valence-electron chi connectivity index (χ0n) is 14.5. The molecule has 0 unspecified atom stereocenters. The Balaban J connectivity index is 2.36. The molecule has 9 heteroatoms. The summed E-state index contributed by atoms with van der Waals surface area (Å²) in [6.45, 7) is 2.04. The van der Waals surface area contributed by atoms with Crippen LogP contribution in [0.4, 0.5) is 0 Å². The molecule has 27 heavy (non-hydrogen) atoms. The fourth-order valence-corrected chi connectivity index (χ4v) is 8.36. The van der Waals surface area contributed by atoms with Crippen LogP contribution in [-0.4, -0.2) is 46.9 Å². The van der Waals surface area contributed by atoms with Gasteiger partial charge in [-0.15, -0.1) is 0 Å². The van der Waals surface area contributed by atoms with Gasteiger partial charge in [0.15, 0.2) is 0 Å². The first-order chi connectivity index (χ1) is 12.8. The molecule has 0 aliphatic carbocycles. The average Bonchev–Trinajstić information content (AvgIpc) is 2.61. The molecule has 2 rings (SSSR count). The number of rotatable bonds is 6. The molecule has 2 aromatic rings. The van der Waals surface area contributed by atoms with Gasteiger partial charge in [0.25, 0.3) is 0 Å². The first kappa shape index (κ1) is 20.6. The quantitative estimate of drug-likeness (QED) is 0.490. The summed E-state index contributed by atoms with van der Waals surface area (Å²) in [5.41, 5.74) is 0.217. The summed E-state index contributed by atoms with van der Waals surface area (Å²) < 4.78 is 20.4. The van der Waals surface area contributed by atoms with Gasteiger partial charge in [-0.05, 0) is 0 Å². The Morgan fingerprint density at radius 1 is 0.593 bits per heavy atom. The SMILES string of the molecule is CC(=O)[O][Pb]([O]C(C)=O)([O]C(=O)c1ccccc1)[O]C(=O)c1ccccc1. The van der Waals surface area contributed by atoms with E-state index in [1.807, 2.05) is 0 Å². The van der Waals surface area contributed by atoms with Gasteiger partial charge in [0.05, 0.1) is 0 Å². The van der Waals surface area contributed by atoms with Crippen molar-refractivity contribution in [1.29, 1.82) is 0 Å². The van der Waals surface area contributed by atoms with Gasteiger partial charge in [0.2, 0.25) is 0 Å². The number of hydrogen-bond acceptors (Lipinski definition) is 8. The molecule has 0 N–H and O–H groups in total. The summed E-state index contributed by atoms with van der Waals surface area (Å²) in [4.78, 5) is 47.9. The second-order valence-electron chi connectivity index (χ2n) is 5.20. The summed E-state index contributed by atoms with van der Waals surface area (Å²) in [6, 6.07) is 15.5. The molecule has 0 aliphatic heterocycles. The summed E-state index contributed by atoms with van der Waals surface area (Å²) in [6.07, 6.45) is 0.